The number of rotatable bonds is 2. The number of aromatic nitrogens is 3. The van der Waals surface area contributed by atoms with Crippen LogP contribution in [-0.4, -0.2) is 20.9 Å². The molecule has 0 saturated heterocycles. The molecule has 0 aliphatic carbocycles. The van der Waals surface area contributed by atoms with Crippen molar-refractivity contribution in [2.75, 3.05) is 5.32 Å². The number of benzene rings is 1. The van der Waals surface area contributed by atoms with Crippen molar-refractivity contribution in [1.82, 2.24) is 15.0 Å². The largest absolute Gasteiger partial charge is 0.350 e. The van der Waals surface area contributed by atoms with Crippen LogP contribution in [0.1, 0.15) is 10.5 Å². The molecule has 1 amide bonds. The molecule has 3 rings (SSSR count). The highest BCUT2D eigenvalue weighted by Gasteiger charge is 2.10. The summed E-state index contributed by atoms with van der Waals surface area (Å²) in [6, 6.07) is 9.65. The second-order valence-corrected chi connectivity index (χ2v) is 3.79. The van der Waals surface area contributed by atoms with Crippen molar-refractivity contribution in [3.63, 3.8) is 0 Å². The molecule has 2 aromatic heterocycles. The number of aromatic amines is 1. The van der Waals surface area contributed by atoms with Crippen LogP contribution in [0.2, 0.25) is 0 Å². The molecule has 0 spiro atoms. The zero-order chi connectivity index (χ0) is 12.4. The van der Waals surface area contributed by atoms with Crippen molar-refractivity contribution < 1.29 is 4.79 Å². The minimum atomic E-state index is -0.278. The molecule has 18 heavy (non-hydrogen) atoms. The number of fused-ring (bicyclic) bond motifs is 1. The molecule has 2 heterocycles. The number of hydrogen-bond acceptors (Lipinski definition) is 3. The van der Waals surface area contributed by atoms with Crippen LogP contribution < -0.4 is 5.32 Å². The summed E-state index contributed by atoms with van der Waals surface area (Å²) in [6.07, 6.45) is 4.67. The van der Waals surface area contributed by atoms with Crippen molar-refractivity contribution in [3.8, 4) is 0 Å². The summed E-state index contributed by atoms with van der Waals surface area (Å²) in [7, 11) is 0. The number of anilines is 1. The summed E-state index contributed by atoms with van der Waals surface area (Å²) in [4.78, 5) is 22.7. The Balaban J connectivity index is 1.98. The van der Waals surface area contributed by atoms with Crippen molar-refractivity contribution in [2.45, 2.75) is 0 Å². The Morgan fingerprint density at radius 2 is 2.06 bits per heavy atom. The van der Waals surface area contributed by atoms with E-state index in [4.69, 9.17) is 0 Å². The number of nitrogens with zero attached hydrogens (tertiary/aromatic N) is 2. The summed E-state index contributed by atoms with van der Waals surface area (Å²) in [6.45, 7) is 0. The number of amides is 1. The first-order valence-corrected chi connectivity index (χ1v) is 5.48. The first-order chi connectivity index (χ1) is 8.84. The van der Waals surface area contributed by atoms with Crippen LogP contribution in [0, 0.1) is 0 Å². The maximum Gasteiger partial charge on any atom is 0.277 e. The SMILES string of the molecule is O=C(Nc1nccc2ccccc12)c1c[nH]cn1. The molecule has 0 unspecified atom stereocenters. The summed E-state index contributed by atoms with van der Waals surface area (Å²) in [5.41, 5.74) is 0.338. The van der Waals surface area contributed by atoms with Gasteiger partial charge in [0.2, 0.25) is 0 Å². The fourth-order valence-electron chi connectivity index (χ4n) is 1.78. The van der Waals surface area contributed by atoms with E-state index in [9.17, 15) is 4.79 Å². The van der Waals surface area contributed by atoms with Gasteiger partial charge >= 0.3 is 0 Å². The van der Waals surface area contributed by atoms with Gasteiger partial charge in [-0.15, -0.1) is 0 Å². The van der Waals surface area contributed by atoms with E-state index in [1.165, 1.54) is 6.33 Å². The van der Waals surface area contributed by atoms with Gasteiger partial charge in [0.05, 0.1) is 6.33 Å². The van der Waals surface area contributed by atoms with Gasteiger partial charge in [0.15, 0.2) is 0 Å². The van der Waals surface area contributed by atoms with Crippen LogP contribution in [0.4, 0.5) is 5.82 Å². The quantitative estimate of drug-likeness (QED) is 0.719. The number of carbonyl (C=O) groups is 1. The molecule has 0 radical (unpaired) electrons. The van der Waals surface area contributed by atoms with Crippen LogP contribution in [0.5, 0.6) is 0 Å². The van der Waals surface area contributed by atoms with E-state index in [1.807, 2.05) is 30.3 Å². The molecule has 2 N–H and O–H groups in total. The molecule has 0 bridgehead atoms. The van der Waals surface area contributed by atoms with Crippen molar-refractivity contribution in [2.24, 2.45) is 0 Å². The van der Waals surface area contributed by atoms with Crippen molar-refractivity contribution in [3.05, 3.63) is 54.7 Å². The topological polar surface area (TPSA) is 70.7 Å². The predicted molar refractivity (Wildman–Crippen MR) is 68.3 cm³/mol. The molecule has 0 atom stereocenters. The van der Waals surface area contributed by atoms with Gasteiger partial charge in [-0.2, -0.15) is 0 Å². The zero-order valence-electron chi connectivity index (χ0n) is 9.42. The van der Waals surface area contributed by atoms with E-state index in [-0.39, 0.29) is 5.91 Å². The molecule has 1 aromatic carbocycles. The number of imidazole rings is 1. The Morgan fingerprint density at radius 3 is 2.89 bits per heavy atom. The number of H-pyrrole nitrogens is 1. The summed E-state index contributed by atoms with van der Waals surface area (Å²) in [5.74, 6) is 0.265. The van der Waals surface area contributed by atoms with E-state index in [1.54, 1.807) is 12.4 Å². The first kappa shape index (κ1) is 10.5. The van der Waals surface area contributed by atoms with E-state index < -0.39 is 0 Å². The number of pyridine rings is 1. The minimum Gasteiger partial charge on any atom is -0.350 e. The number of hydrogen-bond donors (Lipinski definition) is 2. The van der Waals surface area contributed by atoms with Gasteiger partial charge in [-0.3, -0.25) is 4.79 Å². The molecule has 88 valence electrons. The molecule has 5 heteroatoms. The average molecular weight is 238 g/mol. The monoisotopic (exact) mass is 238 g/mol. The van der Waals surface area contributed by atoms with Crippen molar-refractivity contribution >= 4 is 22.5 Å². The van der Waals surface area contributed by atoms with Crippen molar-refractivity contribution in [1.29, 1.82) is 0 Å². The maximum atomic E-state index is 11.9. The Bertz CT molecular complexity index is 686. The molecular weight excluding hydrogens is 228 g/mol. The van der Waals surface area contributed by atoms with E-state index in [0.717, 1.165) is 10.8 Å². The lowest BCUT2D eigenvalue weighted by Crippen LogP contribution is -2.13. The Morgan fingerprint density at radius 1 is 1.17 bits per heavy atom. The van der Waals surface area contributed by atoms with E-state index in [2.05, 4.69) is 20.3 Å². The lowest BCUT2D eigenvalue weighted by Gasteiger charge is -2.05. The fourth-order valence-corrected chi connectivity index (χ4v) is 1.78. The second kappa shape index (κ2) is 4.29. The lowest BCUT2D eigenvalue weighted by atomic mass is 10.1. The fraction of sp³-hybridized carbons (Fsp3) is 0. The Kier molecular flexibility index (Phi) is 2.49. The van der Waals surface area contributed by atoms with Gasteiger partial charge in [0.25, 0.3) is 5.91 Å². The van der Waals surface area contributed by atoms with Gasteiger partial charge in [-0.25, -0.2) is 9.97 Å². The third-order valence-corrected chi connectivity index (χ3v) is 2.64. The van der Waals surface area contributed by atoms with E-state index in [0.29, 0.717) is 11.5 Å². The molecule has 3 aromatic rings. The highest BCUT2D eigenvalue weighted by molar-refractivity contribution is 6.06. The number of carbonyl (C=O) groups excluding carboxylic acids is 1. The summed E-state index contributed by atoms with van der Waals surface area (Å²) >= 11 is 0. The van der Waals surface area contributed by atoms with Crippen LogP contribution in [-0.2, 0) is 0 Å². The predicted octanol–water partition coefficient (Wildman–Crippen LogP) is 2.21. The molecular formula is C13H10N4O. The van der Waals surface area contributed by atoms with Crippen LogP contribution in [0.25, 0.3) is 10.8 Å². The summed E-state index contributed by atoms with van der Waals surface area (Å²) < 4.78 is 0. The van der Waals surface area contributed by atoms with Gasteiger partial charge in [0, 0.05) is 17.8 Å². The highest BCUT2D eigenvalue weighted by Crippen LogP contribution is 2.20. The third kappa shape index (κ3) is 1.82. The zero-order valence-corrected chi connectivity index (χ0v) is 9.42. The van der Waals surface area contributed by atoms with Crippen LogP contribution in [0.15, 0.2) is 49.1 Å². The normalized spacial score (nSPS) is 10.4. The molecule has 0 fully saturated rings. The molecule has 0 aliphatic heterocycles. The van der Waals surface area contributed by atoms with Gasteiger partial charge < -0.3 is 10.3 Å². The molecule has 5 nitrogen and oxygen atoms in total. The second-order valence-electron chi connectivity index (χ2n) is 3.79. The van der Waals surface area contributed by atoms with Crippen LogP contribution in [0.3, 0.4) is 0 Å². The van der Waals surface area contributed by atoms with E-state index >= 15 is 0 Å². The maximum absolute atomic E-state index is 11.9. The lowest BCUT2D eigenvalue weighted by molar-refractivity contribution is 0.102. The minimum absolute atomic E-state index is 0.278. The molecule has 0 saturated carbocycles. The summed E-state index contributed by atoms with van der Waals surface area (Å²) in [5, 5.41) is 4.69. The molecule has 0 aliphatic rings. The third-order valence-electron chi connectivity index (χ3n) is 2.64. The van der Waals surface area contributed by atoms with Gasteiger partial charge in [0.1, 0.15) is 11.5 Å². The number of nitrogens with one attached hydrogen (secondary N) is 2. The first-order valence-electron chi connectivity index (χ1n) is 5.48. The van der Waals surface area contributed by atoms with Gasteiger partial charge in [-0.05, 0) is 11.5 Å². The van der Waals surface area contributed by atoms with Gasteiger partial charge in [-0.1, -0.05) is 24.3 Å². The Hall–Kier alpha value is -2.69. The van der Waals surface area contributed by atoms with Crippen LogP contribution >= 0.6 is 0 Å². The highest BCUT2D eigenvalue weighted by atomic mass is 16.1. The smallest absolute Gasteiger partial charge is 0.277 e. The Labute approximate surface area is 103 Å². The standard InChI is InChI=1S/C13H10N4O/c18-13(11-7-14-8-16-11)17-12-10-4-2-1-3-9(10)5-6-15-12/h1-8H,(H,14,16)(H,15,17,18). The average Bonchev–Trinajstić information content (AvgIpc) is 2.93.